The molecule has 11 heteroatoms. The number of benzene rings is 4. The van der Waals surface area contributed by atoms with E-state index in [-0.39, 0.29) is 33.2 Å². The Balaban J connectivity index is 1.42. The highest BCUT2D eigenvalue weighted by molar-refractivity contribution is 7.90. The van der Waals surface area contributed by atoms with E-state index in [0.717, 1.165) is 15.1 Å². The number of carbonyl (C=O) groups excluding carboxylic acids is 1. The molecule has 222 valence electrons. The molecule has 6 aromatic rings. The van der Waals surface area contributed by atoms with Crippen LogP contribution in [0.1, 0.15) is 32.7 Å². The van der Waals surface area contributed by atoms with Gasteiger partial charge in [-0.3, -0.25) is 4.79 Å². The molecule has 0 spiro atoms. The van der Waals surface area contributed by atoms with Gasteiger partial charge in [-0.15, -0.1) is 0 Å². The summed E-state index contributed by atoms with van der Waals surface area (Å²) in [6.45, 7) is 5.45. The Morgan fingerprint density at radius 1 is 0.886 bits per heavy atom. The second-order valence-electron chi connectivity index (χ2n) is 10.5. The Labute approximate surface area is 253 Å². The monoisotopic (exact) mass is 609 g/mol. The van der Waals surface area contributed by atoms with Gasteiger partial charge < -0.3 is 16.2 Å². The van der Waals surface area contributed by atoms with E-state index in [1.54, 1.807) is 68.4 Å². The summed E-state index contributed by atoms with van der Waals surface area (Å²) < 4.78 is 50.2. The summed E-state index contributed by atoms with van der Waals surface area (Å²) in [5, 5.41) is 4.88. The highest BCUT2D eigenvalue weighted by atomic mass is 32.2. The number of nitrogens with two attached hydrogens (primary N) is 2. The van der Waals surface area contributed by atoms with Gasteiger partial charge in [0.2, 0.25) is 5.78 Å². The maximum Gasteiger partial charge on any atom is 0.268 e. The predicted molar refractivity (Wildman–Crippen MR) is 167 cm³/mol. The molecule has 6 rings (SSSR count). The van der Waals surface area contributed by atoms with Crippen LogP contribution in [-0.2, 0) is 10.0 Å². The third kappa shape index (κ3) is 4.86. The van der Waals surface area contributed by atoms with Gasteiger partial charge in [0.1, 0.15) is 17.3 Å². The summed E-state index contributed by atoms with van der Waals surface area (Å²) in [5.74, 6) is -0.624. The molecular formula is C33H28FN5O4S. The molecule has 44 heavy (non-hydrogen) atoms. The molecule has 0 unspecified atom stereocenters. The average molecular weight is 610 g/mol. The molecule has 2 aromatic heterocycles. The van der Waals surface area contributed by atoms with Crippen molar-refractivity contribution in [3.05, 3.63) is 125 Å². The first-order valence-corrected chi connectivity index (χ1v) is 15.0. The summed E-state index contributed by atoms with van der Waals surface area (Å²) in [6.07, 6.45) is 1.31. The number of nitrogen functional groups attached to an aromatic ring is 2. The minimum atomic E-state index is -4.22. The number of nitrogens with zero attached hydrogens (tertiary/aromatic N) is 3. The first-order valence-electron chi connectivity index (χ1n) is 13.6. The molecule has 4 aromatic carbocycles. The second kappa shape index (κ2) is 10.7. The van der Waals surface area contributed by atoms with E-state index in [9.17, 15) is 17.6 Å². The van der Waals surface area contributed by atoms with Gasteiger partial charge in [-0.2, -0.15) is 5.10 Å². The number of rotatable bonds is 7. The molecule has 0 aliphatic carbocycles. The molecule has 0 fully saturated rings. The summed E-state index contributed by atoms with van der Waals surface area (Å²) in [5.41, 5.74) is 16.1. The van der Waals surface area contributed by atoms with Gasteiger partial charge in [0.05, 0.1) is 27.9 Å². The van der Waals surface area contributed by atoms with Gasteiger partial charge >= 0.3 is 0 Å². The molecule has 0 aliphatic rings. The Kier molecular flexibility index (Phi) is 6.97. The average Bonchev–Trinajstić information content (AvgIpc) is 3.55. The lowest BCUT2D eigenvalue weighted by molar-refractivity contribution is 0.103. The summed E-state index contributed by atoms with van der Waals surface area (Å²) in [7, 11) is -4.22. The second-order valence-corrected chi connectivity index (χ2v) is 12.3. The van der Waals surface area contributed by atoms with Crippen molar-refractivity contribution in [1.82, 2.24) is 13.8 Å². The van der Waals surface area contributed by atoms with Gasteiger partial charge in [-0.1, -0.05) is 29.8 Å². The van der Waals surface area contributed by atoms with E-state index in [1.807, 2.05) is 6.92 Å². The lowest BCUT2D eigenvalue weighted by Crippen LogP contribution is -2.19. The van der Waals surface area contributed by atoms with E-state index in [0.29, 0.717) is 28.1 Å². The smallest absolute Gasteiger partial charge is 0.268 e. The number of aromatic nitrogens is 3. The molecule has 0 saturated heterocycles. The summed E-state index contributed by atoms with van der Waals surface area (Å²) in [6, 6.07) is 22.3. The fourth-order valence-corrected chi connectivity index (χ4v) is 6.54. The number of fused-ring (bicyclic) bond motifs is 1. The number of hydrogen-bond donors (Lipinski definition) is 2. The molecule has 0 amide bonds. The number of hydrogen-bond acceptors (Lipinski definition) is 7. The molecule has 0 bridgehead atoms. The molecule has 2 heterocycles. The Morgan fingerprint density at radius 3 is 2.32 bits per heavy atom. The van der Waals surface area contributed by atoms with Crippen molar-refractivity contribution in [2.45, 2.75) is 25.7 Å². The van der Waals surface area contributed by atoms with E-state index in [1.165, 1.54) is 41.2 Å². The Hall–Kier alpha value is -5.42. The maximum atomic E-state index is 14.1. The van der Waals surface area contributed by atoms with Crippen LogP contribution in [0.2, 0.25) is 0 Å². The quantitative estimate of drug-likeness (QED) is 0.160. The first kappa shape index (κ1) is 28.7. The highest BCUT2D eigenvalue weighted by Gasteiger charge is 2.29. The van der Waals surface area contributed by atoms with Crippen LogP contribution in [-0.4, -0.2) is 28.0 Å². The number of ether oxygens (including phenoxy) is 1. The van der Waals surface area contributed by atoms with Gasteiger partial charge in [-0.25, -0.2) is 21.5 Å². The molecular weight excluding hydrogens is 581 g/mol. The zero-order valence-corrected chi connectivity index (χ0v) is 24.9. The molecule has 0 radical (unpaired) electrons. The maximum absolute atomic E-state index is 14.1. The minimum absolute atomic E-state index is 0.0149. The van der Waals surface area contributed by atoms with Crippen molar-refractivity contribution < 1.29 is 22.3 Å². The lowest BCUT2D eigenvalue weighted by Gasteiger charge is -2.13. The fourth-order valence-electron chi connectivity index (χ4n) is 5.04. The number of ketones is 1. The minimum Gasteiger partial charge on any atom is -0.454 e. The van der Waals surface area contributed by atoms with Crippen LogP contribution in [0, 0.1) is 26.6 Å². The molecule has 9 nitrogen and oxygen atoms in total. The predicted octanol–water partition coefficient (Wildman–Crippen LogP) is 6.32. The van der Waals surface area contributed by atoms with Crippen molar-refractivity contribution in [1.29, 1.82) is 0 Å². The van der Waals surface area contributed by atoms with Gasteiger partial charge in [-0.05, 0) is 92.6 Å². The summed E-state index contributed by atoms with van der Waals surface area (Å²) in [4.78, 5) is 14.1. The molecule has 0 aliphatic heterocycles. The zero-order chi connectivity index (χ0) is 31.3. The zero-order valence-electron chi connectivity index (χ0n) is 24.1. The van der Waals surface area contributed by atoms with Crippen LogP contribution < -0.4 is 16.2 Å². The molecule has 0 saturated carbocycles. The van der Waals surface area contributed by atoms with E-state index >= 15 is 0 Å². The number of anilines is 2. The van der Waals surface area contributed by atoms with E-state index < -0.39 is 21.6 Å². The number of halogens is 1. The van der Waals surface area contributed by atoms with Crippen LogP contribution in [0.3, 0.4) is 0 Å². The van der Waals surface area contributed by atoms with Crippen molar-refractivity contribution in [2.75, 3.05) is 11.5 Å². The van der Waals surface area contributed by atoms with Gasteiger partial charge in [0, 0.05) is 11.1 Å². The van der Waals surface area contributed by atoms with Crippen LogP contribution in [0.15, 0.2) is 96.0 Å². The van der Waals surface area contributed by atoms with Crippen LogP contribution >= 0.6 is 0 Å². The standard InChI is InChI=1S/C33H28FN5O4S/c1-19-8-11-24(12-9-19)44(41,42)39-29-17-27(35)20(2)14-22(29)16-30(39)32(40)25-18-37-38(33(25)36)28-13-10-23(15-21(28)3)43-31-7-5-4-6-26(31)34/h4-18H,35-36H2,1-3H3. The van der Waals surface area contributed by atoms with Crippen LogP contribution in [0.4, 0.5) is 15.9 Å². The topological polar surface area (TPSA) is 135 Å². The Bertz CT molecular complexity index is 2200. The van der Waals surface area contributed by atoms with Gasteiger partial charge in [0.15, 0.2) is 11.6 Å². The largest absolute Gasteiger partial charge is 0.454 e. The van der Waals surface area contributed by atoms with Crippen molar-refractivity contribution in [3.63, 3.8) is 0 Å². The van der Waals surface area contributed by atoms with E-state index in [4.69, 9.17) is 16.2 Å². The van der Waals surface area contributed by atoms with Crippen molar-refractivity contribution >= 4 is 38.2 Å². The van der Waals surface area contributed by atoms with Crippen molar-refractivity contribution in [3.8, 4) is 17.2 Å². The van der Waals surface area contributed by atoms with E-state index in [2.05, 4.69) is 5.10 Å². The SMILES string of the molecule is Cc1ccc(S(=O)(=O)n2c(C(=O)c3cnn(-c4ccc(Oc5ccccc5F)cc4C)c3N)cc3cc(C)c(N)cc32)cc1. The number of para-hydroxylation sites is 1. The van der Waals surface area contributed by atoms with Crippen LogP contribution in [0.5, 0.6) is 11.5 Å². The lowest BCUT2D eigenvalue weighted by atomic mass is 10.1. The normalized spacial score (nSPS) is 11.6. The highest BCUT2D eigenvalue weighted by Crippen LogP contribution is 2.33. The fraction of sp³-hybridized carbons (Fsp3) is 0.0909. The number of carbonyl (C=O) groups is 1. The van der Waals surface area contributed by atoms with Crippen molar-refractivity contribution in [2.24, 2.45) is 0 Å². The molecule has 4 N–H and O–H groups in total. The molecule has 0 atom stereocenters. The first-order chi connectivity index (χ1) is 21.0. The third-order valence-electron chi connectivity index (χ3n) is 7.45. The Morgan fingerprint density at radius 2 is 1.61 bits per heavy atom. The number of aryl methyl sites for hydroxylation is 3. The van der Waals surface area contributed by atoms with Crippen LogP contribution in [0.25, 0.3) is 16.6 Å². The van der Waals surface area contributed by atoms with Gasteiger partial charge in [0.25, 0.3) is 10.0 Å². The summed E-state index contributed by atoms with van der Waals surface area (Å²) >= 11 is 0. The third-order valence-corrected chi connectivity index (χ3v) is 9.19.